The third-order valence-corrected chi connectivity index (χ3v) is 4.11. The van der Waals surface area contributed by atoms with Crippen LogP contribution < -0.4 is 5.32 Å². The van der Waals surface area contributed by atoms with Gasteiger partial charge >= 0.3 is 5.97 Å². The third kappa shape index (κ3) is 4.99. The van der Waals surface area contributed by atoms with Crippen LogP contribution in [-0.4, -0.2) is 34.2 Å². The molecular weight excluding hydrogens is 386 g/mol. The summed E-state index contributed by atoms with van der Waals surface area (Å²) in [5.74, 6) is -2.01. The number of nitrogens with zero attached hydrogens (tertiary/aromatic N) is 2. The Kier molecular flexibility index (Phi) is 6.96. The Bertz CT molecular complexity index is 965. The molecule has 0 saturated heterocycles. The second kappa shape index (κ2) is 9.39. The molecule has 28 heavy (non-hydrogen) atoms. The van der Waals surface area contributed by atoms with Gasteiger partial charge in [0.05, 0.1) is 24.0 Å². The molecule has 9 heteroatoms. The molecule has 0 fully saturated rings. The van der Waals surface area contributed by atoms with Crippen LogP contribution in [0.25, 0.3) is 0 Å². The molecule has 0 aliphatic carbocycles. The van der Waals surface area contributed by atoms with Gasteiger partial charge < -0.3 is 20.3 Å². The van der Waals surface area contributed by atoms with E-state index in [1.807, 2.05) is 6.07 Å². The molecule has 0 spiro atoms. The number of nitriles is 1. The van der Waals surface area contributed by atoms with Crippen LogP contribution in [0.3, 0.4) is 0 Å². The highest BCUT2D eigenvalue weighted by molar-refractivity contribution is 6.33. The number of hydrogen-bond donors (Lipinski definition) is 3. The molecule has 1 heterocycles. The van der Waals surface area contributed by atoms with Crippen molar-refractivity contribution >= 4 is 29.2 Å². The molecule has 0 atom stereocenters. The second-order valence-corrected chi connectivity index (χ2v) is 5.93. The highest BCUT2D eigenvalue weighted by Gasteiger charge is 2.22. The first-order chi connectivity index (χ1) is 13.4. The van der Waals surface area contributed by atoms with Crippen molar-refractivity contribution in [1.82, 2.24) is 4.98 Å². The molecule has 3 N–H and O–H groups in total. The molecule has 2 aromatic rings. The first-order valence-electron chi connectivity index (χ1n) is 8.02. The largest absolute Gasteiger partial charge is 0.507 e. The first-order valence-corrected chi connectivity index (χ1v) is 8.40. The van der Waals surface area contributed by atoms with E-state index in [1.165, 1.54) is 18.3 Å². The lowest BCUT2D eigenvalue weighted by atomic mass is 10.0. The van der Waals surface area contributed by atoms with E-state index >= 15 is 0 Å². The molecule has 1 aromatic carbocycles. The van der Waals surface area contributed by atoms with Crippen molar-refractivity contribution in [3.63, 3.8) is 0 Å². The molecule has 0 unspecified atom stereocenters. The maximum Gasteiger partial charge on any atom is 0.341 e. The zero-order chi connectivity index (χ0) is 20.7. The van der Waals surface area contributed by atoms with Crippen LogP contribution >= 0.6 is 11.6 Å². The van der Waals surface area contributed by atoms with E-state index in [2.05, 4.69) is 15.0 Å². The molecule has 0 radical (unpaired) electrons. The molecule has 8 nitrogen and oxygen atoms in total. The van der Waals surface area contributed by atoms with Crippen molar-refractivity contribution in [3.8, 4) is 17.6 Å². The number of pyridine rings is 1. The normalized spacial score (nSPS) is 10.5. The van der Waals surface area contributed by atoms with Gasteiger partial charge in [-0.1, -0.05) is 17.7 Å². The molecule has 0 aliphatic rings. The van der Waals surface area contributed by atoms with Gasteiger partial charge in [0.25, 0.3) is 0 Å². The number of amides is 1. The van der Waals surface area contributed by atoms with Crippen LogP contribution in [0.2, 0.25) is 5.02 Å². The van der Waals surface area contributed by atoms with Gasteiger partial charge in [-0.05, 0) is 36.6 Å². The summed E-state index contributed by atoms with van der Waals surface area (Å²) in [6, 6.07) is 5.87. The van der Waals surface area contributed by atoms with Gasteiger partial charge in [0.1, 0.15) is 28.8 Å². The number of esters is 1. The van der Waals surface area contributed by atoms with Gasteiger partial charge in [-0.15, -0.1) is 0 Å². The minimum atomic E-state index is -0.788. The lowest BCUT2D eigenvalue weighted by molar-refractivity contribution is -0.111. The van der Waals surface area contributed by atoms with Gasteiger partial charge in [0.2, 0.25) is 5.91 Å². The Labute approximate surface area is 165 Å². The number of allylic oxidation sites excluding steroid dienone is 1. The van der Waals surface area contributed by atoms with E-state index in [0.717, 1.165) is 13.2 Å². The van der Waals surface area contributed by atoms with E-state index < -0.39 is 17.6 Å². The smallest absolute Gasteiger partial charge is 0.341 e. The summed E-state index contributed by atoms with van der Waals surface area (Å²) < 4.78 is 4.63. The van der Waals surface area contributed by atoms with Gasteiger partial charge in [-0.3, -0.25) is 4.79 Å². The van der Waals surface area contributed by atoms with Crippen LogP contribution in [0, 0.1) is 11.3 Å². The van der Waals surface area contributed by atoms with Crippen molar-refractivity contribution in [2.45, 2.75) is 12.8 Å². The number of methoxy groups -OCH3 is 1. The highest BCUT2D eigenvalue weighted by atomic mass is 35.5. The molecule has 2 rings (SSSR count). The van der Waals surface area contributed by atoms with Crippen LogP contribution in [0.15, 0.2) is 36.5 Å². The molecule has 144 valence electrons. The van der Waals surface area contributed by atoms with Crippen molar-refractivity contribution in [3.05, 3.63) is 58.4 Å². The summed E-state index contributed by atoms with van der Waals surface area (Å²) in [5.41, 5.74) is 0.753. The van der Waals surface area contributed by atoms with Crippen molar-refractivity contribution in [2.75, 3.05) is 12.4 Å². The monoisotopic (exact) mass is 401 g/mol. The van der Waals surface area contributed by atoms with Gasteiger partial charge in [0.15, 0.2) is 0 Å². The van der Waals surface area contributed by atoms with Crippen LogP contribution in [0.4, 0.5) is 5.69 Å². The number of carbonyl (C=O) groups is 2. The molecule has 1 aromatic heterocycles. The van der Waals surface area contributed by atoms with Crippen molar-refractivity contribution in [1.29, 1.82) is 5.26 Å². The number of phenols is 2. The first kappa shape index (κ1) is 20.7. The summed E-state index contributed by atoms with van der Waals surface area (Å²) in [7, 11) is 1.16. The minimum absolute atomic E-state index is 0.0697. The Balaban J connectivity index is 2.05. The number of phenolic OH excluding ortho intramolecular Hbond substituents is 2. The molecule has 0 saturated carbocycles. The fourth-order valence-corrected chi connectivity index (χ4v) is 2.63. The number of ether oxygens (including phenoxy) is 1. The second-order valence-electron chi connectivity index (χ2n) is 5.55. The predicted molar refractivity (Wildman–Crippen MR) is 101 cm³/mol. The summed E-state index contributed by atoms with van der Waals surface area (Å²) in [6.07, 6.45) is 4.67. The SMILES string of the molecule is COC(=O)c1c(O)cc(O)c(Cl)c1CC/C=C/C(=O)Nc1ccc(C#N)nc1. The Morgan fingerprint density at radius 2 is 2.11 bits per heavy atom. The quantitative estimate of drug-likeness (QED) is 0.500. The molecular formula is C19H16ClN3O5. The van der Waals surface area contributed by atoms with Crippen LogP contribution in [0.5, 0.6) is 11.5 Å². The number of carbonyl (C=O) groups excluding carboxylic acids is 2. The third-order valence-electron chi connectivity index (χ3n) is 3.69. The fraction of sp³-hybridized carbons (Fsp3) is 0.158. The topological polar surface area (TPSA) is 133 Å². The standard InChI is InChI=1S/C19H16ClN3O5/c1-28-19(27)17-13(18(20)15(25)8-14(17)24)4-2-3-5-16(26)23-12-7-6-11(9-21)22-10-12/h3,5-8,10,24-25H,2,4H2,1H3,(H,23,26)/b5-3+. The number of aromatic hydroxyl groups is 2. The zero-order valence-electron chi connectivity index (χ0n) is 14.8. The maximum absolute atomic E-state index is 11.9. The summed E-state index contributed by atoms with van der Waals surface area (Å²) >= 11 is 6.04. The van der Waals surface area contributed by atoms with E-state index in [4.69, 9.17) is 16.9 Å². The summed E-state index contributed by atoms with van der Waals surface area (Å²) in [4.78, 5) is 27.6. The Morgan fingerprint density at radius 3 is 2.71 bits per heavy atom. The summed E-state index contributed by atoms with van der Waals surface area (Å²) in [6.45, 7) is 0. The number of rotatable bonds is 6. The van der Waals surface area contributed by atoms with Gasteiger partial charge in [-0.2, -0.15) is 5.26 Å². The number of nitrogens with one attached hydrogen (secondary N) is 1. The zero-order valence-corrected chi connectivity index (χ0v) is 15.5. The van der Waals surface area contributed by atoms with Crippen LogP contribution in [0.1, 0.15) is 28.0 Å². The van der Waals surface area contributed by atoms with Crippen molar-refractivity contribution in [2.24, 2.45) is 0 Å². The van der Waals surface area contributed by atoms with E-state index in [9.17, 15) is 19.8 Å². The average molecular weight is 402 g/mol. The van der Waals surface area contributed by atoms with Gasteiger partial charge in [0, 0.05) is 6.07 Å². The number of benzene rings is 1. The number of anilines is 1. The fourth-order valence-electron chi connectivity index (χ4n) is 2.38. The maximum atomic E-state index is 11.9. The van der Waals surface area contributed by atoms with Gasteiger partial charge in [-0.25, -0.2) is 9.78 Å². The van der Waals surface area contributed by atoms with Crippen molar-refractivity contribution < 1.29 is 24.5 Å². The Morgan fingerprint density at radius 1 is 1.36 bits per heavy atom. The summed E-state index contributed by atoms with van der Waals surface area (Å²) in [5, 5.41) is 30.9. The molecule has 1 amide bonds. The average Bonchev–Trinajstić information content (AvgIpc) is 2.68. The predicted octanol–water partition coefficient (Wildman–Crippen LogP) is 2.93. The highest BCUT2D eigenvalue weighted by Crippen LogP contribution is 2.37. The number of halogens is 1. The number of hydrogen-bond acceptors (Lipinski definition) is 7. The number of aromatic nitrogens is 1. The lowest BCUT2D eigenvalue weighted by Crippen LogP contribution is -2.08. The lowest BCUT2D eigenvalue weighted by Gasteiger charge is -2.12. The Hall–Kier alpha value is -3.57. The minimum Gasteiger partial charge on any atom is -0.507 e. The van der Waals surface area contributed by atoms with E-state index in [-0.39, 0.29) is 34.0 Å². The van der Waals surface area contributed by atoms with E-state index in [1.54, 1.807) is 12.1 Å². The molecule has 0 bridgehead atoms. The van der Waals surface area contributed by atoms with Crippen LogP contribution in [-0.2, 0) is 16.0 Å². The molecule has 0 aliphatic heterocycles. The van der Waals surface area contributed by atoms with E-state index in [0.29, 0.717) is 12.1 Å².